The van der Waals surface area contributed by atoms with Gasteiger partial charge in [0.2, 0.25) is 5.91 Å². The topological polar surface area (TPSA) is 69.6 Å². The van der Waals surface area contributed by atoms with Crippen molar-refractivity contribution in [3.63, 3.8) is 0 Å². The number of hydrogen-bond donors (Lipinski definition) is 3. The fraction of sp³-hybridized carbons (Fsp3) is 0.344. The van der Waals surface area contributed by atoms with Crippen LogP contribution in [-0.2, 0) is 10.2 Å². The summed E-state index contributed by atoms with van der Waals surface area (Å²) < 4.78 is 0. The van der Waals surface area contributed by atoms with Gasteiger partial charge in [-0.2, -0.15) is 0 Å². The smallest absolute Gasteiger partial charge is 0.244 e. The molecule has 3 N–H and O–H groups in total. The molecule has 0 saturated heterocycles. The monoisotopic (exact) mass is 481 g/mol. The Morgan fingerprint density at radius 1 is 0.694 bits per heavy atom. The number of amides is 1. The number of carbonyl (C=O) groups excluding carboxylic acids is 1. The summed E-state index contributed by atoms with van der Waals surface area (Å²) in [5.74, 6) is 0.814. The van der Waals surface area contributed by atoms with Crippen LogP contribution in [0.25, 0.3) is 0 Å². The molecule has 2 aliphatic carbocycles. The van der Waals surface area contributed by atoms with E-state index in [2.05, 4.69) is 18.5 Å². The van der Waals surface area contributed by atoms with Gasteiger partial charge in [0.05, 0.1) is 0 Å². The second-order valence-corrected chi connectivity index (χ2v) is 10.3. The first-order valence-electron chi connectivity index (χ1n) is 13.2. The van der Waals surface area contributed by atoms with Crippen molar-refractivity contribution in [2.45, 2.75) is 68.6 Å². The third-order valence-electron chi connectivity index (χ3n) is 8.42. The number of phenols is 2. The Morgan fingerprint density at radius 2 is 1.17 bits per heavy atom. The minimum atomic E-state index is -1.31. The third-order valence-corrected chi connectivity index (χ3v) is 8.42. The maximum absolute atomic E-state index is 14.0. The number of phenolic OH excluding ortho intramolecular Hbond substituents is 2. The highest BCUT2D eigenvalue weighted by Gasteiger charge is 2.52. The number of carbonyl (C=O) groups is 1. The zero-order valence-electron chi connectivity index (χ0n) is 20.8. The first-order chi connectivity index (χ1) is 17.6. The van der Waals surface area contributed by atoms with E-state index >= 15 is 0 Å². The molecular formula is C32H35NO3. The number of nitrogens with one attached hydrogen (secondary N) is 1. The summed E-state index contributed by atoms with van der Waals surface area (Å²) in [5, 5.41) is 25.5. The second kappa shape index (κ2) is 9.85. The summed E-state index contributed by atoms with van der Waals surface area (Å²) in [6.07, 6.45) is 9.34. The lowest BCUT2D eigenvalue weighted by atomic mass is 9.68. The molecular weight excluding hydrogens is 446 g/mol. The van der Waals surface area contributed by atoms with E-state index in [4.69, 9.17) is 0 Å². The van der Waals surface area contributed by atoms with Crippen molar-refractivity contribution in [2.24, 2.45) is 0 Å². The Labute approximate surface area is 213 Å². The van der Waals surface area contributed by atoms with Crippen LogP contribution < -0.4 is 5.32 Å². The van der Waals surface area contributed by atoms with Crippen LogP contribution in [-0.4, -0.2) is 16.1 Å². The van der Waals surface area contributed by atoms with Gasteiger partial charge in [-0.05, 0) is 66.8 Å². The third kappa shape index (κ3) is 3.80. The average molecular weight is 482 g/mol. The van der Waals surface area contributed by atoms with Crippen LogP contribution in [0.2, 0.25) is 0 Å². The van der Waals surface area contributed by atoms with Crippen molar-refractivity contribution in [2.75, 3.05) is 5.32 Å². The zero-order valence-corrected chi connectivity index (χ0v) is 20.8. The molecule has 1 heterocycles. The van der Waals surface area contributed by atoms with Crippen molar-refractivity contribution in [3.8, 4) is 11.5 Å². The molecule has 3 aromatic carbocycles. The Kier molecular flexibility index (Phi) is 6.61. The maximum Gasteiger partial charge on any atom is 0.244 e. The predicted molar refractivity (Wildman–Crippen MR) is 145 cm³/mol. The van der Waals surface area contributed by atoms with Crippen LogP contribution in [0.1, 0.15) is 91.0 Å². The molecule has 1 amide bonds. The molecule has 36 heavy (non-hydrogen) atoms. The molecule has 0 atom stereocenters. The molecule has 3 aromatic rings. The van der Waals surface area contributed by atoms with Gasteiger partial charge in [-0.1, -0.05) is 68.1 Å². The summed E-state index contributed by atoms with van der Waals surface area (Å²) in [7, 11) is 0. The number of para-hydroxylation sites is 1. The molecule has 3 aliphatic rings. The maximum atomic E-state index is 14.0. The molecule has 0 spiro atoms. The highest BCUT2D eigenvalue weighted by atomic mass is 16.3. The van der Waals surface area contributed by atoms with Gasteiger partial charge in [-0.25, -0.2) is 0 Å². The Balaban J connectivity index is 0.00000130. The molecule has 0 unspecified atom stereocenters. The number of benzene rings is 3. The van der Waals surface area contributed by atoms with Crippen molar-refractivity contribution in [3.05, 3.63) is 102 Å². The van der Waals surface area contributed by atoms with Crippen molar-refractivity contribution in [1.29, 1.82) is 0 Å². The number of anilines is 1. The number of hydrogen-bond acceptors (Lipinski definition) is 3. The molecule has 4 heteroatoms. The van der Waals surface area contributed by atoms with E-state index in [-0.39, 0.29) is 17.4 Å². The van der Waals surface area contributed by atoms with E-state index < -0.39 is 5.41 Å². The highest BCUT2D eigenvalue weighted by molar-refractivity contribution is 6.12. The highest BCUT2D eigenvalue weighted by Crippen LogP contribution is 2.53. The van der Waals surface area contributed by atoms with Gasteiger partial charge in [-0.15, -0.1) is 13.2 Å². The number of fused-ring (bicyclic) bond motifs is 1. The molecule has 2 saturated carbocycles. The normalized spacial score (nSPS) is 18.9. The predicted octanol–water partition coefficient (Wildman–Crippen LogP) is 7.50. The second-order valence-electron chi connectivity index (χ2n) is 10.3. The molecule has 0 radical (unpaired) electrons. The van der Waals surface area contributed by atoms with Gasteiger partial charge in [0.25, 0.3) is 0 Å². The first kappa shape index (κ1) is 24.2. The summed E-state index contributed by atoms with van der Waals surface area (Å²) in [4.78, 5) is 14.0. The van der Waals surface area contributed by atoms with E-state index in [9.17, 15) is 15.0 Å². The lowest BCUT2D eigenvalue weighted by molar-refractivity contribution is -0.118. The standard InChI is InChI=1S/C30H31NO3.C2H4/c32-27-15-13-21(19-7-1-2-8-19)17-24(27)30(23-11-5-6-12-26(23)31-29(30)34)25-18-22(14-16-28(25)33)20-9-3-4-10-20;1-2/h5-6,11-20,32-33H,1-4,7-10H2,(H,31,34);1-2H2. The van der Waals surface area contributed by atoms with Crippen LogP contribution in [0.15, 0.2) is 73.8 Å². The van der Waals surface area contributed by atoms with E-state index in [0.29, 0.717) is 23.0 Å². The molecule has 4 nitrogen and oxygen atoms in total. The zero-order chi connectivity index (χ0) is 25.3. The number of rotatable bonds is 4. The van der Waals surface area contributed by atoms with E-state index in [1.807, 2.05) is 48.5 Å². The molecule has 1 aliphatic heterocycles. The summed E-state index contributed by atoms with van der Waals surface area (Å²) >= 11 is 0. The lowest BCUT2D eigenvalue weighted by Crippen LogP contribution is -2.37. The number of aromatic hydroxyl groups is 2. The molecule has 186 valence electrons. The van der Waals surface area contributed by atoms with Crippen molar-refractivity contribution < 1.29 is 15.0 Å². The minimum absolute atomic E-state index is 0.0827. The van der Waals surface area contributed by atoms with Crippen molar-refractivity contribution in [1.82, 2.24) is 0 Å². The van der Waals surface area contributed by atoms with Crippen LogP contribution in [0.5, 0.6) is 11.5 Å². The van der Waals surface area contributed by atoms with Gasteiger partial charge in [0.15, 0.2) is 0 Å². The van der Waals surface area contributed by atoms with E-state index in [0.717, 1.165) is 48.1 Å². The molecule has 0 bridgehead atoms. The Bertz CT molecular complexity index is 1200. The molecule has 6 rings (SSSR count). The summed E-state index contributed by atoms with van der Waals surface area (Å²) in [5.41, 5.74) is 3.62. The van der Waals surface area contributed by atoms with E-state index in [1.165, 1.54) is 25.7 Å². The van der Waals surface area contributed by atoms with Crippen LogP contribution in [0.3, 0.4) is 0 Å². The Morgan fingerprint density at radius 3 is 1.67 bits per heavy atom. The SMILES string of the molecule is C=C.O=C1Nc2ccccc2C1(c1cc(C2CCCC2)ccc1O)c1cc(C2CCCC2)ccc1O. The molecule has 0 aromatic heterocycles. The van der Waals surface area contributed by atoms with Crippen molar-refractivity contribution >= 4 is 11.6 Å². The molecule has 2 fully saturated rings. The van der Waals surface area contributed by atoms with Crippen LogP contribution >= 0.6 is 0 Å². The fourth-order valence-electron chi connectivity index (χ4n) is 6.67. The average Bonchev–Trinajstić information content (AvgIpc) is 3.67. The van der Waals surface area contributed by atoms with Gasteiger partial charge >= 0.3 is 0 Å². The summed E-state index contributed by atoms with van der Waals surface area (Å²) in [6.45, 7) is 6.00. The summed E-state index contributed by atoms with van der Waals surface area (Å²) in [6, 6.07) is 19.2. The van der Waals surface area contributed by atoms with Gasteiger partial charge < -0.3 is 15.5 Å². The quantitative estimate of drug-likeness (QED) is 0.338. The van der Waals surface area contributed by atoms with Crippen LogP contribution in [0, 0.1) is 0 Å². The fourth-order valence-corrected chi connectivity index (χ4v) is 6.67. The minimum Gasteiger partial charge on any atom is -0.508 e. The van der Waals surface area contributed by atoms with Gasteiger partial charge in [0.1, 0.15) is 16.9 Å². The van der Waals surface area contributed by atoms with E-state index in [1.54, 1.807) is 12.1 Å². The van der Waals surface area contributed by atoms with Crippen LogP contribution in [0.4, 0.5) is 5.69 Å². The largest absolute Gasteiger partial charge is 0.508 e. The van der Waals surface area contributed by atoms with Gasteiger partial charge in [0, 0.05) is 22.4 Å². The van der Waals surface area contributed by atoms with Gasteiger partial charge in [-0.3, -0.25) is 4.79 Å². The lowest BCUT2D eigenvalue weighted by Gasteiger charge is -2.32. The Hall–Kier alpha value is -3.53. The first-order valence-corrected chi connectivity index (χ1v) is 13.2.